The van der Waals surface area contributed by atoms with Gasteiger partial charge in [0.1, 0.15) is 0 Å². The smallest absolute Gasteiger partial charge is 0.239 e. The first-order chi connectivity index (χ1) is 15.8. The number of nitrogens with zero attached hydrogens (tertiary/aromatic N) is 3. The van der Waals surface area contributed by atoms with E-state index in [1.165, 1.54) is 16.5 Å². The summed E-state index contributed by atoms with van der Waals surface area (Å²) in [6.07, 6.45) is 7.13. The van der Waals surface area contributed by atoms with Crippen molar-refractivity contribution in [1.29, 1.82) is 0 Å². The molecule has 0 radical (unpaired) electrons. The molecule has 1 amide bonds. The van der Waals surface area contributed by atoms with Gasteiger partial charge in [0.15, 0.2) is 0 Å². The Morgan fingerprint density at radius 3 is 2.24 bits per heavy atom. The van der Waals surface area contributed by atoms with E-state index in [1.807, 2.05) is 20.2 Å². The third-order valence-corrected chi connectivity index (χ3v) is 7.83. The molecule has 0 spiro atoms. The molecule has 1 aromatic heterocycles. The number of rotatable bonds is 7. The number of hydrogen-bond acceptors (Lipinski definition) is 3. The van der Waals surface area contributed by atoms with Crippen LogP contribution in [-0.2, 0) is 16.8 Å². The normalized spacial score (nSPS) is 22.1. The van der Waals surface area contributed by atoms with Crippen molar-refractivity contribution in [2.24, 2.45) is 0 Å². The van der Waals surface area contributed by atoms with Gasteiger partial charge in [-0.15, -0.1) is 0 Å². The number of carbonyl (C=O) groups excluding carboxylic acids is 1. The summed E-state index contributed by atoms with van der Waals surface area (Å²) in [7, 11) is 10.3. The van der Waals surface area contributed by atoms with Crippen molar-refractivity contribution in [2.75, 3.05) is 35.2 Å². The number of nitrogens with one attached hydrogen (secondary N) is 1. The number of likely N-dealkylation sites (N-methyl/N-ethyl adjacent to an activating group) is 2. The van der Waals surface area contributed by atoms with Crippen molar-refractivity contribution in [3.8, 4) is 0 Å². The predicted octanol–water partition coefficient (Wildman–Crippen LogP) is 4.50. The summed E-state index contributed by atoms with van der Waals surface area (Å²) in [5.41, 5.74) is 3.80. The molecule has 5 heteroatoms. The number of carbonyl (C=O) groups is 1. The number of benzene rings is 2. The Morgan fingerprint density at radius 1 is 0.970 bits per heavy atom. The largest absolute Gasteiger partial charge is 0.361 e. The maximum Gasteiger partial charge on any atom is 0.239 e. The third-order valence-electron chi connectivity index (χ3n) is 7.83. The van der Waals surface area contributed by atoms with Crippen molar-refractivity contribution in [3.63, 3.8) is 0 Å². The number of para-hydroxylation sites is 1. The molecule has 1 aliphatic carbocycles. The number of amides is 1. The van der Waals surface area contributed by atoms with Gasteiger partial charge in [-0.3, -0.25) is 14.6 Å². The van der Waals surface area contributed by atoms with Crippen LogP contribution in [0.1, 0.15) is 36.8 Å². The van der Waals surface area contributed by atoms with Gasteiger partial charge in [0, 0.05) is 42.8 Å². The van der Waals surface area contributed by atoms with Gasteiger partial charge in [-0.25, -0.2) is 0 Å². The Hall–Kier alpha value is -2.63. The van der Waals surface area contributed by atoms with E-state index in [0.717, 1.165) is 31.2 Å². The van der Waals surface area contributed by atoms with E-state index < -0.39 is 0 Å². The predicted molar refractivity (Wildman–Crippen MR) is 136 cm³/mol. The van der Waals surface area contributed by atoms with Crippen LogP contribution in [0.2, 0.25) is 0 Å². The zero-order valence-corrected chi connectivity index (χ0v) is 20.7. The number of H-pyrrole nitrogens is 1. The van der Waals surface area contributed by atoms with Gasteiger partial charge < -0.3 is 9.88 Å². The van der Waals surface area contributed by atoms with Crippen molar-refractivity contribution < 1.29 is 4.79 Å². The highest BCUT2D eigenvalue weighted by atomic mass is 16.2. The first kappa shape index (κ1) is 23.5. The van der Waals surface area contributed by atoms with Gasteiger partial charge in [0.05, 0.1) is 6.04 Å². The summed E-state index contributed by atoms with van der Waals surface area (Å²) in [5, 5.41) is 1.21. The molecule has 1 fully saturated rings. The van der Waals surface area contributed by atoms with Gasteiger partial charge in [-0.05, 0) is 70.4 Å². The lowest BCUT2D eigenvalue weighted by molar-refractivity contribution is -0.135. The van der Waals surface area contributed by atoms with Crippen LogP contribution in [-0.4, -0.2) is 72.9 Å². The lowest BCUT2D eigenvalue weighted by Crippen LogP contribution is -2.53. The van der Waals surface area contributed by atoms with Crippen molar-refractivity contribution >= 4 is 16.8 Å². The maximum absolute atomic E-state index is 13.3. The topological polar surface area (TPSA) is 42.6 Å². The van der Waals surface area contributed by atoms with Crippen LogP contribution in [0.4, 0.5) is 0 Å². The fourth-order valence-electron chi connectivity index (χ4n) is 5.70. The molecule has 1 N–H and O–H groups in total. The molecule has 1 saturated carbocycles. The third kappa shape index (κ3) is 4.57. The summed E-state index contributed by atoms with van der Waals surface area (Å²) < 4.78 is 0. The molecule has 2 aromatic carbocycles. The lowest BCUT2D eigenvalue weighted by Gasteiger charge is -2.48. The highest BCUT2D eigenvalue weighted by Gasteiger charge is 2.41. The standard InChI is InChI=1S/C28H38N4O/c1-30(2)27(33)26(19-21-20-29-25-14-10-9-13-24(21)25)32(5)23-15-17-28(18-16-23,31(3)4)22-11-7-6-8-12-22/h6-14,20,23,26,29H,15-19H2,1-5H3. The summed E-state index contributed by atoms with van der Waals surface area (Å²) in [6, 6.07) is 19.5. The highest BCUT2D eigenvalue weighted by Crippen LogP contribution is 2.42. The van der Waals surface area contributed by atoms with Gasteiger partial charge in [-0.1, -0.05) is 48.5 Å². The molecule has 3 aromatic rings. The summed E-state index contributed by atoms with van der Waals surface area (Å²) in [4.78, 5) is 23.2. The summed E-state index contributed by atoms with van der Waals surface area (Å²) in [6.45, 7) is 0. The van der Waals surface area contributed by atoms with E-state index in [4.69, 9.17) is 0 Å². The SMILES string of the molecule is CN(C)C(=O)C(Cc1c[nH]c2ccccc12)N(C)C1CCC(c2ccccc2)(N(C)C)CC1. The molecule has 33 heavy (non-hydrogen) atoms. The van der Waals surface area contributed by atoms with Crippen molar-refractivity contribution in [3.05, 3.63) is 71.9 Å². The van der Waals surface area contributed by atoms with Crippen LogP contribution in [0, 0.1) is 0 Å². The fraction of sp³-hybridized carbons (Fsp3) is 0.464. The first-order valence-electron chi connectivity index (χ1n) is 12.0. The van der Waals surface area contributed by atoms with E-state index in [9.17, 15) is 4.79 Å². The van der Waals surface area contributed by atoms with Crippen LogP contribution in [0.25, 0.3) is 10.9 Å². The van der Waals surface area contributed by atoms with Crippen molar-refractivity contribution in [2.45, 2.75) is 49.7 Å². The molecule has 5 nitrogen and oxygen atoms in total. The first-order valence-corrected chi connectivity index (χ1v) is 12.0. The molecule has 0 aliphatic heterocycles. The van der Waals surface area contributed by atoms with E-state index >= 15 is 0 Å². The number of aromatic amines is 1. The molecule has 0 saturated heterocycles. The number of hydrogen-bond donors (Lipinski definition) is 1. The molecule has 0 bridgehead atoms. The second-order valence-electron chi connectivity index (χ2n) is 10.0. The molecule has 1 atom stereocenters. The number of fused-ring (bicyclic) bond motifs is 1. The molecular formula is C28H38N4O. The molecule has 1 unspecified atom stereocenters. The van der Waals surface area contributed by atoms with Gasteiger partial charge in [-0.2, -0.15) is 0 Å². The number of aromatic nitrogens is 1. The average molecular weight is 447 g/mol. The molecule has 176 valence electrons. The van der Waals surface area contributed by atoms with E-state index in [1.54, 1.807) is 4.90 Å². The molecule has 1 heterocycles. The van der Waals surface area contributed by atoms with Gasteiger partial charge in [0.2, 0.25) is 5.91 Å². The van der Waals surface area contributed by atoms with Crippen LogP contribution in [0.15, 0.2) is 60.8 Å². The van der Waals surface area contributed by atoms with Crippen molar-refractivity contribution in [1.82, 2.24) is 19.7 Å². The maximum atomic E-state index is 13.3. The fourth-order valence-corrected chi connectivity index (χ4v) is 5.70. The van der Waals surface area contributed by atoms with Gasteiger partial charge in [0.25, 0.3) is 0 Å². The zero-order chi connectivity index (χ0) is 23.6. The van der Waals surface area contributed by atoms with E-state index in [-0.39, 0.29) is 17.5 Å². The summed E-state index contributed by atoms with van der Waals surface area (Å²) >= 11 is 0. The Balaban J connectivity index is 1.55. The molecular weight excluding hydrogens is 408 g/mol. The Kier molecular flexibility index (Phi) is 6.91. The van der Waals surface area contributed by atoms with E-state index in [0.29, 0.717) is 12.5 Å². The Morgan fingerprint density at radius 2 is 1.61 bits per heavy atom. The molecule has 1 aliphatic rings. The van der Waals surface area contributed by atoms with E-state index in [2.05, 4.69) is 90.7 Å². The Labute approximate surface area is 198 Å². The molecule has 4 rings (SSSR count). The minimum atomic E-state index is -0.173. The monoisotopic (exact) mass is 446 g/mol. The lowest BCUT2D eigenvalue weighted by atomic mass is 9.73. The minimum Gasteiger partial charge on any atom is -0.361 e. The second-order valence-corrected chi connectivity index (χ2v) is 10.0. The quantitative estimate of drug-likeness (QED) is 0.581. The second kappa shape index (κ2) is 9.70. The average Bonchev–Trinajstić information content (AvgIpc) is 3.25. The van der Waals surface area contributed by atoms with Crippen LogP contribution >= 0.6 is 0 Å². The highest BCUT2D eigenvalue weighted by molar-refractivity contribution is 5.86. The van der Waals surface area contributed by atoms with Crippen LogP contribution in [0.3, 0.4) is 0 Å². The van der Waals surface area contributed by atoms with Gasteiger partial charge >= 0.3 is 0 Å². The minimum absolute atomic E-state index is 0.0660. The van der Waals surface area contributed by atoms with Crippen LogP contribution in [0.5, 0.6) is 0 Å². The zero-order valence-electron chi connectivity index (χ0n) is 20.7. The van der Waals surface area contributed by atoms with Crippen LogP contribution < -0.4 is 0 Å². The Bertz CT molecular complexity index is 1060. The summed E-state index contributed by atoms with van der Waals surface area (Å²) in [5.74, 6) is 0.176.